The molecule has 0 unspecified atom stereocenters. The number of rotatable bonds is 5. The molecular weight excluding hydrogens is 286 g/mol. The molecule has 21 heavy (non-hydrogen) atoms. The second-order valence-electron chi connectivity index (χ2n) is 4.77. The Bertz CT molecular complexity index is 839. The van der Waals surface area contributed by atoms with E-state index in [1.165, 1.54) is 0 Å². The monoisotopic (exact) mass is 301 g/mol. The quantitative estimate of drug-likeness (QED) is 0.787. The molecule has 3 aromatic rings. The van der Waals surface area contributed by atoms with E-state index in [2.05, 4.69) is 5.32 Å². The predicted octanol–water partition coefficient (Wildman–Crippen LogP) is 2.95. The van der Waals surface area contributed by atoms with Gasteiger partial charge in [0.05, 0.1) is 17.7 Å². The summed E-state index contributed by atoms with van der Waals surface area (Å²) >= 11 is 0. The van der Waals surface area contributed by atoms with E-state index >= 15 is 0 Å². The number of fused-ring (bicyclic) bond motifs is 1. The maximum Gasteiger partial charge on any atom is 0.191 e. The van der Waals surface area contributed by atoms with Crippen molar-refractivity contribution in [3.05, 3.63) is 66.6 Å². The molecule has 0 radical (unpaired) electrons. The Labute approximate surface area is 123 Å². The number of hydrogen-bond acceptors (Lipinski definition) is 4. The molecule has 108 valence electrons. The van der Waals surface area contributed by atoms with E-state index in [0.717, 1.165) is 10.8 Å². The normalized spacial score (nSPS) is 11.8. The molecule has 1 heterocycles. The molecular formula is C16H15NO3S. The summed E-state index contributed by atoms with van der Waals surface area (Å²) in [4.78, 5) is 0.327. The van der Waals surface area contributed by atoms with Crippen molar-refractivity contribution in [2.45, 2.75) is 11.4 Å². The first-order valence-electron chi connectivity index (χ1n) is 6.60. The highest BCUT2D eigenvalue weighted by Crippen LogP contribution is 2.19. The van der Waals surface area contributed by atoms with Gasteiger partial charge in [0.25, 0.3) is 0 Å². The maximum absolute atomic E-state index is 12.3. The Morgan fingerprint density at radius 1 is 0.952 bits per heavy atom. The number of furan rings is 1. The van der Waals surface area contributed by atoms with Crippen LogP contribution in [-0.2, 0) is 16.4 Å². The lowest BCUT2D eigenvalue weighted by atomic mass is 10.1. The number of nitrogens with one attached hydrogen (secondary N) is 1. The minimum absolute atomic E-state index is 0.119. The van der Waals surface area contributed by atoms with Crippen molar-refractivity contribution in [1.82, 2.24) is 5.32 Å². The molecule has 0 aliphatic carbocycles. The minimum Gasteiger partial charge on any atom is -0.468 e. The van der Waals surface area contributed by atoms with Crippen LogP contribution in [-0.4, -0.2) is 14.3 Å². The summed E-state index contributed by atoms with van der Waals surface area (Å²) in [6, 6.07) is 16.4. The summed E-state index contributed by atoms with van der Waals surface area (Å²) in [5.74, 6) is 0.593. The predicted molar refractivity (Wildman–Crippen MR) is 81.5 cm³/mol. The van der Waals surface area contributed by atoms with E-state index in [9.17, 15) is 8.42 Å². The van der Waals surface area contributed by atoms with Crippen molar-refractivity contribution in [1.29, 1.82) is 0 Å². The molecule has 0 spiro atoms. The molecule has 0 saturated carbocycles. The molecule has 0 amide bonds. The fraction of sp³-hybridized carbons (Fsp3) is 0.125. The van der Waals surface area contributed by atoms with Gasteiger partial charge in [-0.1, -0.05) is 30.3 Å². The summed E-state index contributed by atoms with van der Waals surface area (Å²) in [5, 5.41) is 4.84. The number of sulfone groups is 1. The lowest BCUT2D eigenvalue weighted by Gasteiger charge is -2.07. The molecule has 1 N–H and O–H groups in total. The SMILES string of the molecule is O=S(=O)(CNCc1ccco1)c1ccc2ccccc2c1. The van der Waals surface area contributed by atoms with Gasteiger partial charge in [0.1, 0.15) is 11.6 Å². The van der Waals surface area contributed by atoms with Crippen LogP contribution in [0.4, 0.5) is 0 Å². The molecule has 0 saturated heterocycles. The van der Waals surface area contributed by atoms with Gasteiger partial charge >= 0.3 is 0 Å². The zero-order chi connectivity index (χ0) is 14.7. The minimum atomic E-state index is -3.36. The Kier molecular flexibility index (Phi) is 3.77. The largest absolute Gasteiger partial charge is 0.468 e. The Hall–Kier alpha value is -2.11. The zero-order valence-electron chi connectivity index (χ0n) is 11.3. The van der Waals surface area contributed by atoms with Crippen LogP contribution in [0.2, 0.25) is 0 Å². The van der Waals surface area contributed by atoms with Crippen molar-refractivity contribution < 1.29 is 12.8 Å². The van der Waals surface area contributed by atoms with Gasteiger partial charge in [-0.2, -0.15) is 0 Å². The average Bonchev–Trinajstić information content (AvgIpc) is 3.00. The molecule has 4 nitrogen and oxygen atoms in total. The van der Waals surface area contributed by atoms with Crippen LogP contribution in [0.5, 0.6) is 0 Å². The van der Waals surface area contributed by atoms with E-state index in [1.54, 1.807) is 30.5 Å². The van der Waals surface area contributed by atoms with Gasteiger partial charge in [0.2, 0.25) is 0 Å². The average molecular weight is 301 g/mol. The highest BCUT2D eigenvalue weighted by molar-refractivity contribution is 7.91. The molecule has 0 fully saturated rings. The van der Waals surface area contributed by atoms with Gasteiger partial charge < -0.3 is 4.42 Å². The second kappa shape index (κ2) is 5.71. The fourth-order valence-electron chi connectivity index (χ4n) is 2.17. The highest BCUT2D eigenvalue weighted by atomic mass is 32.2. The van der Waals surface area contributed by atoms with Crippen LogP contribution in [0.3, 0.4) is 0 Å². The van der Waals surface area contributed by atoms with Crippen molar-refractivity contribution in [2.24, 2.45) is 0 Å². The standard InChI is InChI=1S/C16H15NO3S/c18-21(19,12-17-11-15-6-3-9-20-15)16-8-7-13-4-1-2-5-14(13)10-16/h1-10,17H,11-12H2. The lowest BCUT2D eigenvalue weighted by Crippen LogP contribution is -2.22. The Morgan fingerprint density at radius 2 is 1.76 bits per heavy atom. The third kappa shape index (κ3) is 3.15. The van der Waals surface area contributed by atoms with E-state index in [0.29, 0.717) is 17.2 Å². The van der Waals surface area contributed by atoms with E-state index < -0.39 is 9.84 Å². The molecule has 5 heteroatoms. The van der Waals surface area contributed by atoms with Gasteiger partial charge in [-0.15, -0.1) is 0 Å². The summed E-state index contributed by atoms with van der Waals surface area (Å²) < 4.78 is 29.8. The van der Waals surface area contributed by atoms with Crippen LogP contribution < -0.4 is 5.32 Å². The molecule has 2 aromatic carbocycles. The fourth-order valence-corrected chi connectivity index (χ4v) is 3.29. The van der Waals surface area contributed by atoms with Gasteiger partial charge in [-0.3, -0.25) is 5.32 Å². The van der Waals surface area contributed by atoms with Crippen LogP contribution in [0.15, 0.2) is 70.2 Å². The van der Waals surface area contributed by atoms with Crippen LogP contribution >= 0.6 is 0 Å². The van der Waals surface area contributed by atoms with Gasteiger partial charge in [0, 0.05) is 0 Å². The molecule has 0 bridgehead atoms. The zero-order valence-corrected chi connectivity index (χ0v) is 12.1. The van der Waals surface area contributed by atoms with Crippen molar-refractivity contribution in [3.63, 3.8) is 0 Å². The van der Waals surface area contributed by atoms with E-state index in [1.807, 2.05) is 30.3 Å². The maximum atomic E-state index is 12.3. The summed E-state index contributed by atoms with van der Waals surface area (Å²) in [7, 11) is -3.36. The number of benzene rings is 2. The molecule has 0 aliphatic rings. The third-order valence-electron chi connectivity index (χ3n) is 3.25. The first kappa shape index (κ1) is 13.9. The summed E-state index contributed by atoms with van der Waals surface area (Å²) in [6.07, 6.45) is 1.56. The van der Waals surface area contributed by atoms with Crippen LogP contribution in [0, 0.1) is 0 Å². The Balaban J connectivity index is 1.76. The number of hydrogen-bond donors (Lipinski definition) is 1. The van der Waals surface area contributed by atoms with E-state index in [-0.39, 0.29) is 5.88 Å². The summed E-state index contributed by atoms with van der Waals surface area (Å²) in [6.45, 7) is 0.389. The molecule has 0 aliphatic heterocycles. The lowest BCUT2D eigenvalue weighted by molar-refractivity contribution is 0.491. The van der Waals surface area contributed by atoms with Crippen LogP contribution in [0.1, 0.15) is 5.76 Å². The molecule has 1 aromatic heterocycles. The van der Waals surface area contributed by atoms with E-state index in [4.69, 9.17) is 4.42 Å². The third-order valence-corrected chi connectivity index (χ3v) is 4.81. The van der Waals surface area contributed by atoms with Crippen molar-refractivity contribution in [2.75, 3.05) is 5.88 Å². The second-order valence-corrected chi connectivity index (χ2v) is 6.76. The summed E-state index contributed by atoms with van der Waals surface area (Å²) in [5.41, 5.74) is 0. The smallest absolute Gasteiger partial charge is 0.191 e. The first-order chi connectivity index (χ1) is 10.1. The molecule has 0 atom stereocenters. The Morgan fingerprint density at radius 3 is 2.52 bits per heavy atom. The van der Waals surface area contributed by atoms with Crippen LogP contribution in [0.25, 0.3) is 10.8 Å². The van der Waals surface area contributed by atoms with Gasteiger partial charge in [0.15, 0.2) is 9.84 Å². The van der Waals surface area contributed by atoms with Gasteiger partial charge in [-0.25, -0.2) is 8.42 Å². The molecule has 3 rings (SSSR count). The highest BCUT2D eigenvalue weighted by Gasteiger charge is 2.14. The van der Waals surface area contributed by atoms with Crippen molar-refractivity contribution in [3.8, 4) is 0 Å². The van der Waals surface area contributed by atoms with Crippen molar-refractivity contribution >= 4 is 20.6 Å². The topological polar surface area (TPSA) is 59.3 Å². The first-order valence-corrected chi connectivity index (χ1v) is 8.25. The van der Waals surface area contributed by atoms with Gasteiger partial charge in [-0.05, 0) is 35.0 Å².